The summed E-state index contributed by atoms with van der Waals surface area (Å²) in [6.45, 7) is 1.10. The summed E-state index contributed by atoms with van der Waals surface area (Å²) in [5.41, 5.74) is 6.29. The Morgan fingerprint density at radius 1 is 1.19 bits per heavy atom. The lowest BCUT2D eigenvalue weighted by molar-refractivity contribution is -0.274. The molecule has 1 aromatic heterocycles. The van der Waals surface area contributed by atoms with Crippen LogP contribution in [0.15, 0.2) is 30.5 Å². The van der Waals surface area contributed by atoms with Crippen molar-refractivity contribution in [3.63, 3.8) is 0 Å². The molecular weight excluding hydrogens is 551 g/mol. The Bertz CT molecular complexity index is 1370. The van der Waals surface area contributed by atoms with Crippen LogP contribution in [0.1, 0.15) is 49.7 Å². The monoisotopic (exact) mass is 585 g/mol. The van der Waals surface area contributed by atoms with Gasteiger partial charge in [-0.1, -0.05) is 18.2 Å². The summed E-state index contributed by atoms with van der Waals surface area (Å²) in [6.07, 6.45) is 1.68. The molecule has 2 heterocycles. The maximum Gasteiger partial charge on any atom is 0.573 e. The Balaban J connectivity index is 1.14. The second-order valence-electron chi connectivity index (χ2n) is 12.4. The predicted molar refractivity (Wildman–Crippen MR) is 146 cm³/mol. The third kappa shape index (κ3) is 5.70. The molecule has 7 atom stereocenters. The standard InChI is InChI=1S/C29H34F3N7O3/c30-29(31,32)42-23-4-2-1-3-17(23)12-35-27-36-13-20(11-33)26(38-27)37-15-28-8-16-5-18(9-28)24(19(6-16)10-28)39-14-21(40)7-22(39)25(34)41/h1-4,13,16,18-19,21-22,24,40H,5-10,12,14-15H2,(H2,34,41)(H2,35,36,37,38)/t16?,18-,19+,21-,22-,24?,28?/m1/s1. The summed E-state index contributed by atoms with van der Waals surface area (Å²) in [7, 11) is 0. The van der Waals surface area contributed by atoms with Crippen LogP contribution >= 0.6 is 0 Å². The first-order valence-corrected chi connectivity index (χ1v) is 14.3. The zero-order chi connectivity index (χ0) is 29.6. The fraction of sp³-hybridized carbons (Fsp3) is 0.586. The van der Waals surface area contributed by atoms with Crippen molar-refractivity contribution in [3.05, 3.63) is 41.6 Å². The van der Waals surface area contributed by atoms with E-state index in [2.05, 4.69) is 36.3 Å². The lowest BCUT2D eigenvalue weighted by atomic mass is 9.47. The normalized spacial score (nSPS) is 32.0. The average Bonchev–Trinajstić information content (AvgIpc) is 3.31. The fourth-order valence-electron chi connectivity index (χ4n) is 8.37. The number of likely N-dealkylation sites (tertiary alicyclic amines) is 1. The third-order valence-corrected chi connectivity index (χ3v) is 9.55. The van der Waals surface area contributed by atoms with Crippen LogP contribution in [0.25, 0.3) is 0 Å². The molecule has 4 aliphatic carbocycles. The number of hydrogen-bond acceptors (Lipinski definition) is 9. The summed E-state index contributed by atoms with van der Waals surface area (Å²) in [5, 5.41) is 26.4. The highest BCUT2D eigenvalue weighted by Gasteiger charge is 2.58. The molecule has 0 spiro atoms. The van der Waals surface area contributed by atoms with E-state index >= 15 is 0 Å². The molecule has 224 valence electrons. The number of ether oxygens (including phenoxy) is 1. The summed E-state index contributed by atoms with van der Waals surface area (Å²) < 4.78 is 42.5. The molecule has 0 radical (unpaired) electrons. The number of halogens is 3. The Morgan fingerprint density at radius 3 is 2.62 bits per heavy atom. The second kappa shape index (κ2) is 10.9. The molecule has 42 heavy (non-hydrogen) atoms. The number of amides is 1. The van der Waals surface area contributed by atoms with Crippen LogP contribution in [-0.2, 0) is 11.3 Å². The van der Waals surface area contributed by atoms with Crippen molar-refractivity contribution in [2.24, 2.45) is 28.9 Å². The number of nitriles is 1. The van der Waals surface area contributed by atoms with Gasteiger partial charge in [0, 0.05) is 31.2 Å². The van der Waals surface area contributed by atoms with Gasteiger partial charge in [0.05, 0.1) is 18.3 Å². The van der Waals surface area contributed by atoms with Crippen LogP contribution in [-0.4, -0.2) is 63.5 Å². The minimum absolute atomic E-state index is 0.00848. The van der Waals surface area contributed by atoms with E-state index in [1.165, 1.54) is 24.4 Å². The number of aliphatic hydroxyl groups is 1. The van der Waals surface area contributed by atoms with E-state index in [9.17, 15) is 28.3 Å². The highest BCUT2D eigenvalue weighted by molar-refractivity contribution is 5.80. The van der Waals surface area contributed by atoms with Crippen LogP contribution in [0.3, 0.4) is 0 Å². The molecule has 5 fully saturated rings. The number of para-hydroxylation sites is 1. The van der Waals surface area contributed by atoms with Gasteiger partial charge in [-0.3, -0.25) is 9.69 Å². The molecule has 7 rings (SSSR count). The Hall–Kier alpha value is -3.63. The Kier molecular flexibility index (Phi) is 7.39. The summed E-state index contributed by atoms with van der Waals surface area (Å²) in [5.74, 6) is 1.27. The van der Waals surface area contributed by atoms with Crippen molar-refractivity contribution in [1.29, 1.82) is 5.26 Å². The summed E-state index contributed by atoms with van der Waals surface area (Å²) >= 11 is 0. The highest BCUT2D eigenvalue weighted by Crippen LogP contribution is 2.61. The number of β-amino-alcohol motifs (C(OH)–C–C–N with tert-alkyl or cyclic N) is 1. The number of alkyl halides is 3. The van der Waals surface area contributed by atoms with Gasteiger partial charge >= 0.3 is 6.36 Å². The molecule has 1 aliphatic heterocycles. The minimum atomic E-state index is -4.81. The smallest absolute Gasteiger partial charge is 0.405 e. The van der Waals surface area contributed by atoms with E-state index in [-0.39, 0.29) is 46.7 Å². The maximum absolute atomic E-state index is 12.8. The fourth-order valence-corrected chi connectivity index (χ4v) is 8.37. The van der Waals surface area contributed by atoms with Gasteiger partial charge < -0.3 is 26.2 Å². The first kappa shape index (κ1) is 28.5. The third-order valence-electron chi connectivity index (χ3n) is 9.55. The molecule has 4 bridgehead atoms. The van der Waals surface area contributed by atoms with E-state index in [0.717, 1.165) is 32.1 Å². The average molecular weight is 586 g/mol. The largest absolute Gasteiger partial charge is 0.573 e. The molecule has 2 aromatic rings. The lowest BCUT2D eigenvalue weighted by Crippen LogP contribution is -2.62. The molecule has 5 N–H and O–H groups in total. The number of aliphatic hydroxyl groups excluding tert-OH is 1. The first-order chi connectivity index (χ1) is 20.0. The summed E-state index contributed by atoms with van der Waals surface area (Å²) in [6, 6.07) is 7.77. The predicted octanol–water partition coefficient (Wildman–Crippen LogP) is 3.39. The quantitative estimate of drug-likeness (QED) is 0.347. The van der Waals surface area contributed by atoms with Crippen LogP contribution in [0.2, 0.25) is 0 Å². The molecule has 4 saturated carbocycles. The van der Waals surface area contributed by atoms with Crippen LogP contribution in [0, 0.1) is 34.5 Å². The van der Waals surface area contributed by atoms with Crippen molar-refractivity contribution >= 4 is 17.7 Å². The van der Waals surface area contributed by atoms with E-state index in [0.29, 0.717) is 43.1 Å². The molecule has 5 aliphatic rings. The van der Waals surface area contributed by atoms with Gasteiger partial charge in [-0.15, -0.1) is 13.2 Å². The first-order valence-electron chi connectivity index (χ1n) is 14.3. The van der Waals surface area contributed by atoms with Crippen LogP contribution in [0.5, 0.6) is 5.75 Å². The van der Waals surface area contributed by atoms with Crippen molar-refractivity contribution in [1.82, 2.24) is 14.9 Å². The second-order valence-corrected chi connectivity index (χ2v) is 12.4. The number of aromatic nitrogens is 2. The maximum atomic E-state index is 12.8. The highest BCUT2D eigenvalue weighted by atomic mass is 19.4. The van der Waals surface area contributed by atoms with Gasteiger partial charge in [0.25, 0.3) is 0 Å². The van der Waals surface area contributed by atoms with Gasteiger partial charge in [0.2, 0.25) is 11.9 Å². The Labute approximate surface area is 241 Å². The van der Waals surface area contributed by atoms with E-state index in [1.807, 2.05) is 0 Å². The minimum Gasteiger partial charge on any atom is -0.405 e. The number of carbonyl (C=O) groups is 1. The molecule has 3 unspecified atom stereocenters. The van der Waals surface area contributed by atoms with Gasteiger partial charge in [-0.05, 0) is 67.8 Å². The molecule has 13 heteroatoms. The number of carbonyl (C=O) groups excluding carboxylic acids is 1. The number of nitrogens with zero attached hydrogens (tertiary/aromatic N) is 4. The lowest BCUT2D eigenvalue weighted by Gasteiger charge is -2.62. The number of rotatable bonds is 9. The zero-order valence-electron chi connectivity index (χ0n) is 23.0. The molecular formula is C29H34F3N7O3. The number of anilines is 2. The van der Waals surface area contributed by atoms with Gasteiger partial charge in [-0.25, -0.2) is 4.98 Å². The molecule has 1 saturated heterocycles. The van der Waals surface area contributed by atoms with Gasteiger partial charge in [-0.2, -0.15) is 10.2 Å². The molecule has 1 amide bonds. The number of benzene rings is 1. The van der Waals surface area contributed by atoms with E-state index in [4.69, 9.17) is 5.73 Å². The Morgan fingerprint density at radius 2 is 1.93 bits per heavy atom. The van der Waals surface area contributed by atoms with E-state index in [1.54, 1.807) is 6.07 Å². The van der Waals surface area contributed by atoms with Crippen molar-refractivity contribution < 1.29 is 27.8 Å². The van der Waals surface area contributed by atoms with Crippen LogP contribution < -0.4 is 21.1 Å². The number of nitrogens with two attached hydrogens (primary N) is 1. The van der Waals surface area contributed by atoms with Crippen molar-refractivity contribution in [2.75, 3.05) is 23.7 Å². The van der Waals surface area contributed by atoms with Crippen molar-refractivity contribution in [3.8, 4) is 11.8 Å². The van der Waals surface area contributed by atoms with E-state index < -0.39 is 18.5 Å². The molecule has 1 aromatic carbocycles. The number of primary amides is 1. The van der Waals surface area contributed by atoms with Gasteiger partial charge in [0.1, 0.15) is 23.2 Å². The van der Waals surface area contributed by atoms with Crippen molar-refractivity contribution in [2.45, 2.75) is 69.6 Å². The van der Waals surface area contributed by atoms with Gasteiger partial charge in [0.15, 0.2) is 0 Å². The number of nitrogens with one attached hydrogen (secondary N) is 2. The SMILES string of the molecule is N#Cc1cnc(NCc2ccccc2OC(F)(F)F)nc1NCC12CC3C[C@H](C1)C(N1C[C@H](O)C[C@@H]1C(N)=O)[C@@H](C3)C2. The van der Waals surface area contributed by atoms with Crippen LogP contribution in [0.4, 0.5) is 24.9 Å². The summed E-state index contributed by atoms with van der Waals surface area (Å²) in [4.78, 5) is 23.0. The topological polar surface area (TPSA) is 149 Å². The molecule has 10 nitrogen and oxygen atoms in total. The number of hydrogen-bond donors (Lipinski definition) is 4. The zero-order valence-corrected chi connectivity index (χ0v) is 23.0.